The summed E-state index contributed by atoms with van der Waals surface area (Å²) in [6.07, 6.45) is 6.90. The summed E-state index contributed by atoms with van der Waals surface area (Å²) in [7, 11) is 1.93. The zero-order valence-electron chi connectivity index (χ0n) is 12.7. The van der Waals surface area contributed by atoms with E-state index in [2.05, 4.69) is 5.32 Å². The molecule has 2 aliphatic rings. The number of carbonyl (C=O) groups is 1. The van der Waals surface area contributed by atoms with Crippen LogP contribution in [0.2, 0.25) is 0 Å². The molecule has 0 radical (unpaired) electrons. The van der Waals surface area contributed by atoms with Gasteiger partial charge < -0.3 is 15.0 Å². The summed E-state index contributed by atoms with van der Waals surface area (Å²) >= 11 is 0. The highest BCUT2D eigenvalue weighted by Gasteiger charge is 2.31. The molecule has 1 atom stereocenters. The van der Waals surface area contributed by atoms with Gasteiger partial charge in [-0.2, -0.15) is 0 Å². The molecule has 0 saturated heterocycles. The number of rotatable bonds is 2. The lowest BCUT2D eigenvalue weighted by atomic mass is 10.1. The Morgan fingerprint density at radius 1 is 1.19 bits per heavy atom. The topological polar surface area (TPSA) is 41.6 Å². The van der Waals surface area contributed by atoms with Crippen molar-refractivity contribution in [3.63, 3.8) is 0 Å². The number of amides is 1. The number of anilines is 1. The van der Waals surface area contributed by atoms with Crippen molar-refractivity contribution in [2.45, 2.75) is 50.7 Å². The summed E-state index contributed by atoms with van der Waals surface area (Å²) in [6.45, 7) is 0.549. The highest BCUT2D eigenvalue weighted by Crippen LogP contribution is 2.29. The van der Waals surface area contributed by atoms with Crippen molar-refractivity contribution >= 4 is 11.6 Å². The highest BCUT2D eigenvalue weighted by molar-refractivity contribution is 5.83. The first-order chi connectivity index (χ1) is 10.3. The molecule has 1 amide bonds. The van der Waals surface area contributed by atoms with Crippen LogP contribution in [0.4, 0.5) is 5.69 Å². The molecule has 1 fully saturated rings. The van der Waals surface area contributed by atoms with Gasteiger partial charge in [0.1, 0.15) is 5.75 Å². The van der Waals surface area contributed by atoms with Crippen molar-refractivity contribution in [3.05, 3.63) is 24.3 Å². The molecule has 1 aromatic carbocycles. The molecule has 1 heterocycles. The van der Waals surface area contributed by atoms with Crippen molar-refractivity contribution < 1.29 is 9.53 Å². The number of nitrogens with one attached hydrogen (secondary N) is 1. The zero-order chi connectivity index (χ0) is 14.7. The molecule has 4 heteroatoms. The second-order valence-corrected chi connectivity index (χ2v) is 6.08. The van der Waals surface area contributed by atoms with Crippen LogP contribution < -0.4 is 10.1 Å². The van der Waals surface area contributed by atoms with E-state index in [1.165, 1.54) is 25.7 Å². The summed E-state index contributed by atoms with van der Waals surface area (Å²) in [5, 5.41) is 3.29. The van der Waals surface area contributed by atoms with Crippen LogP contribution in [0.15, 0.2) is 24.3 Å². The Morgan fingerprint density at radius 2 is 1.90 bits per heavy atom. The van der Waals surface area contributed by atoms with Gasteiger partial charge in [0.2, 0.25) is 0 Å². The van der Waals surface area contributed by atoms with E-state index in [0.29, 0.717) is 12.6 Å². The van der Waals surface area contributed by atoms with E-state index >= 15 is 0 Å². The number of hydrogen-bond donors (Lipinski definition) is 1. The summed E-state index contributed by atoms with van der Waals surface area (Å²) in [4.78, 5) is 14.6. The third kappa shape index (κ3) is 3.14. The molecule has 1 aromatic rings. The predicted octanol–water partition coefficient (Wildman–Crippen LogP) is 3.04. The molecule has 21 heavy (non-hydrogen) atoms. The molecule has 0 spiro atoms. The molecule has 3 rings (SSSR count). The van der Waals surface area contributed by atoms with Gasteiger partial charge in [-0.25, -0.2) is 0 Å². The molecular formula is C17H24N2O2. The molecule has 1 aliphatic carbocycles. The Labute approximate surface area is 126 Å². The highest BCUT2D eigenvalue weighted by atomic mass is 16.5. The first-order valence-corrected chi connectivity index (χ1v) is 8.02. The average molecular weight is 288 g/mol. The second-order valence-electron chi connectivity index (χ2n) is 6.08. The van der Waals surface area contributed by atoms with E-state index in [1.54, 1.807) is 0 Å². The molecule has 1 unspecified atom stereocenters. The first-order valence-electron chi connectivity index (χ1n) is 8.02. The van der Waals surface area contributed by atoms with Crippen molar-refractivity contribution in [1.82, 2.24) is 4.90 Å². The van der Waals surface area contributed by atoms with Crippen LogP contribution in [-0.2, 0) is 4.79 Å². The molecule has 0 aromatic heterocycles. The van der Waals surface area contributed by atoms with Gasteiger partial charge in [-0.15, -0.1) is 0 Å². The molecule has 0 bridgehead atoms. The number of nitrogens with zero attached hydrogens (tertiary/aromatic N) is 1. The lowest BCUT2D eigenvalue weighted by Crippen LogP contribution is -2.48. The maximum Gasteiger partial charge on any atom is 0.265 e. The maximum atomic E-state index is 12.7. The minimum Gasteiger partial charge on any atom is -0.477 e. The van der Waals surface area contributed by atoms with Gasteiger partial charge in [0, 0.05) is 13.1 Å². The van der Waals surface area contributed by atoms with Crippen molar-refractivity contribution in [2.24, 2.45) is 0 Å². The van der Waals surface area contributed by atoms with Crippen LogP contribution in [0.1, 0.15) is 38.5 Å². The second kappa shape index (κ2) is 6.37. The minimum absolute atomic E-state index is 0.101. The lowest BCUT2D eigenvalue weighted by molar-refractivity contribution is -0.139. The van der Waals surface area contributed by atoms with Crippen LogP contribution in [0.25, 0.3) is 0 Å². The Hall–Kier alpha value is -1.71. The van der Waals surface area contributed by atoms with Gasteiger partial charge in [0.05, 0.1) is 12.2 Å². The van der Waals surface area contributed by atoms with E-state index < -0.39 is 6.10 Å². The van der Waals surface area contributed by atoms with Gasteiger partial charge in [0.25, 0.3) is 5.91 Å². The number of carbonyl (C=O) groups excluding carboxylic acids is 1. The largest absolute Gasteiger partial charge is 0.477 e. The van der Waals surface area contributed by atoms with E-state index in [-0.39, 0.29) is 5.91 Å². The summed E-state index contributed by atoms with van der Waals surface area (Å²) in [6, 6.07) is 8.16. The van der Waals surface area contributed by atoms with E-state index in [1.807, 2.05) is 36.2 Å². The molecule has 114 valence electrons. The fourth-order valence-electron chi connectivity index (χ4n) is 3.30. The Balaban J connectivity index is 1.65. The Morgan fingerprint density at radius 3 is 2.67 bits per heavy atom. The number of benzene rings is 1. The first kappa shape index (κ1) is 14.2. The summed E-state index contributed by atoms with van der Waals surface area (Å²) in [5.41, 5.74) is 0.971. The number of ether oxygens (including phenoxy) is 1. The number of likely N-dealkylation sites (N-methyl/N-ethyl adjacent to an activating group) is 1. The van der Waals surface area contributed by atoms with Gasteiger partial charge in [-0.1, -0.05) is 37.8 Å². The SMILES string of the molecule is CN(C(=O)C1CNc2ccccc2O1)C1CCCCCC1. The van der Waals surface area contributed by atoms with Gasteiger partial charge in [0.15, 0.2) is 6.10 Å². The molecule has 1 aliphatic heterocycles. The van der Waals surface area contributed by atoms with Crippen molar-refractivity contribution in [1.29, 1.82) is 0 Å². The van der Waals surface area contributed by atoms with Gasteiger partial charge >= 0.3 is 0 Å². The van der Waals surface area contributed by atoms with Gasteiger partial charge in [-0.05, 0) is 25.0 Å². The maximum absolute atomic E-state index is 12.7. The molecular weight excluding hydrogens is 264 g/mol. The van der Waals surface area contributed by atoms with Crippen LogP contribution in [-0.4, -0.2) is 36.5 Å². The summed E-state index contributed by atoms with van der Waals surface area (Å²) in [5.74, 6) is 0.875. The third-order valence-corrected chi connectivity index (χ3v) is 4.63. The fourth-order valence-corrected chi connectivity index (χ4v) is 3.30. The minimum atomic E-state index is -0.409. The van der Waals surface area contributed by atoms with E-state index in [9.17, 15) is 4.79 Å². The molecule has 4 nitrogen and oxygen atoms in total. The lowest BCUT2D eigenvalue weighted by Gasteiger charge is -2.33. The average Bonchev–Trinajstić information content (AvgIpc) is 2.82. The standard InChI is InChI=1S/C17H24N2O2/c1-19(13-8-4-2-3-5-9-13)17(20)16-12-18-14-10-6-7-11-15(14)21-16/h6-7,10-11,13,16,18H,2-5,8-9,12H2,1H3. The van der Waals surface area contributed by atoms with Crippen LogP contribution >= 0.6 is 0 Å². The number of hydrogen-bond acceptors (Lipinski definition) is 3. The van der Waals surface area contributed by atoms with Gasteiger partial charge in [-0.3, -0.25) is 4.79 Å². The fraction of sp³-hybridized carbons (Fsp3) is 0.588. The number of para-hydroxylation sites is 2. The molecule has 1 N–H and O–H groups in total. The monoisotopic (exact) mass is 288 g/mol. The zero-order valence-corrected chi connectivity index (χ0v) is 12.7. The van der Waals surface area contributed by atoms with Crippen molar-refractivity contribution in [2.75, 3.05) is 18.9 Å². The normalized spacial score (nSPS) is 22.4. The third-order valence-electron chi connectivity index (χ3n) is 4.63. The van der Waals surface area contributed by atoms with Crippen LogP contribution in [0.3, 0.4) is 0 Å². The number of fused-ring (bicyclic) bond motifs is 1. The predicted molar refractivity (Wildman–Crippen MR) is 83.6 cm³/mol. The van der Waals surface area contributed by atoms with Crippen LogP contribution in [0, 0.1) is 0 Å². The Bertz CT molecular complexity index is 495. The Kier molecular flexibility index (Phi) is 4.32. The van der Waals surface area contributed by atoms with Crippen molar-refractivity contribution in [3.8, 4) is 5.75 Å². The van der Waals surface area contributed by atoms with Crippen LogP contribution in [0.5, 0.6) is 5.75 Å². The van der Waals surface area contributed by atoms with E-state index in [4.69, 9.17) is 4.74 Å². The smallest absolute Gasteiger partial charge is 0.265 e. The van der Waals surface area contributed by atoms with E-state index in [0.717, 1.165) is 24.3 Å². The summed E-state index contributed by atoms with van der Waals surface area (Å²) < 4.78 is 5.88. The quantitative estimate of drug-likeness (QED) is 0.851. The molecule has 1 saturated carbocycles.